The summed E-state index contributed by atoms with van der Waals surface area (Å²) in [6.07, 6.45) is 3.20. The Labute approximate surface area is 123 Å². The van der Waals surface area contributed by atoms with E-state index in [2.05, 4.69) is 31.9 Å². The zero-order valence-corrected chi connectivity index (χ0v) is 12.5. The molecule has 0 bridgehead atoms. The van der Waals surface area contributed by atoms with Crippen LogP contribution in [0.2, 0.25) is 0 Å². The SMILES string of the molecule is CCc1noc(C(C)N2CCc3ncnc(OC)c3C2)n1. The van der Waals surface area contributed by atoms with Crippen molar-refractivity contribution in [2.75, 3.05) is 13.7 Å². The van der Waals surface area contributed by atoms with Gasteiger partial charge in [-0.15, -0.1) is 0 Å². The highest BCUT2D eigenvalue weighted by atomic mass is 16.5. The zero-order valence-electron chi connectivity index (χ0n) is 12.5. The molecule has 21 heavy (non-hydrogen) atoms. The molecule has 112 valence electrons. The molecule has 0 saturated carbocycles. The van der Waals surface area contributed by atoms with Crippen LogP contribution in [0.3, 0.4) is 0 Å². The Bertz CT molecular complexity index is 613. The number of hydrogen-bond donors (Lipinski definition) is 0. The van der Waals surface area contributed by atoms with Crippen molar-refractivity contribution in [3.63, 3.8) is 0 Å². The molecule has 0 saturated heterocycles. The number of rotatable bonds is 4. The summed E-state index contributed by atoms with van der Waals surface area (Å²) < 4.78 is 10.7. The van der Waals surface area contributed by atoms with Crippen molar-refractivity contribution in [1.82, 2.24) is 25.0 Å². The first-order valence-electron chi connectivity index (χ1n) is 7.16. The van der Waals surface area contributed by atoms with Gasteiger partial charge in [-0.25, -0.2) is 9.97 Å². The average molecular weight is 289 g/mol. The van der Waals surface area contributed by atoms with Crippen molar-refractivity contribution < 1.29 is 9.26 Å². The van der Waals surface area contributed by atoms with Crippen LogP contribution in [0.15, 0.2) is 10.9 Å². The molecule has 3 heterocycles. The molecule has 0 aliphatic carbocycles. The minimum Gasteiger partial charge on any atom is -0.481 e. The van der Waals surface area contributed by atoms with E-state index in [0.717, 1.165) is 43.0 Å². The summed E-state index contributed by atoms with van der Waals surface area (Å²) in [5, 5.41) is 3.97. The first kappa shape index (κ1) is 13.9. The Kier molecular flexibility index (Phi) is 3.83. The maximum atomic E-state index is 5.35. The van der Waals surface area contributed by atoms with Gasteiger partial charge in [-0.1, -0.05) is 12.1 Å². The highest BCUT2D eigenvalue weighted by Crippen LogP contribution is 2.29. The monoisotopic (exact) mass is 289 g/mol. The van der Waals surface area contributed by atoms with Crippen molar-refractivity contribution in [3.8, 4) is 5.88 Å². The molecule has 0 amide bonds. The van der Waals surface area contributed by atoms with Gasteiger partial charge in [0.2, 0.25) is 11.8 Å². The molecule has 0 spiro atoms. The molecule has 2 aromatic heterocycles. The molecule has 0 fully saturated rings. The predicted molar refractivity (Wildman–Crippen MR) is 74.8 cm³/mol. The fourth-order valence-electron chi connectivity index (χ4n) is 2.58. The summed E-state index contributed by atoms with van der Waals surface area (Å²) in [5.41, 5.74) is 2.11. The van der Waals surface area contributed by atoms with E-state index in [4.69, 9.17) is 9.26 Å². The van der Waals surface area contributed by atoms with Crippen LogP contribution in [-0.2, 0) is 19.4 Å². The Morgan fingerprint density at radius 1 is 1.43 bits per heavy atom. The van der Waals surface area contributed by atoms with Gasteiger partial charge in [0.25, 0.3) is 0 Å². The van der Waals surface area contributed by atoms with E-state index >= 15 is 0 Å². The number of hydrogen-bond acceptors (Lipinski definition) is 7. The van der Waals surface area contributed by atoms with Crippen molar-refractivity contribution in [1.29, 1.82) is 0 Å². The topological polar surface area (TPSA) is 77.2 Å². The van der Waals surface area contributed by atoms with Crippen LogP contribution in [0.5, 0.6) is 5.88 Å². The molecule has 7 heteroatoms. The Balaban J connectivity index is 1.82. The van der Waals surface area contributed by atoms with E-state index < -0.39 is 0 Å². The third-order valence-electron chi connectivity index (χ3n) is 3.89. The van der Waals surface area contributed by atoms with E-state index in [1.165, 1.54) is 0 Å². The van der Waals surface area contributed by atoms with Gasteiger partial charge < -0.3 is 9.26 Å². The van der Waals surface area contributed by atoms with E-state index in [1.54, 1.807) is 13.4 Å². The summed E-state index contributed by atoms with van der Waals surface area (Å²) in [5.74, 6) is 2.05. The number of fused-ring (bicyclic) bond motifs is 1. The Morgan fingerprint density at radius 2 is 2.29 bits per heavy atom. The molecule has 1 atom stereocenters. The minimum atomic E-state index is 0.0656. The van der Waals surface area contributed by atoms with Crippen LogP contribution in [0, 0.1) is 0 Å². The number of aryl methyl sites for hydroxylation is 1. The van der Waals surface area contributed by atoms with Crippen molar-refractivity contribution in [2.24, 2.45) is 0 Å². The van der Waals surface area contributed by atoms with E-state index in [9.17, 15) is 0 Å². The van der Waals surface area contributed by atoms with Crippen LogP contribution >= 0.6 is 0 Å². The first-order chi connectivity index (χ1) is 10.2. The van der Waals surface area contributed by atoms with Gasteiger partial charge in [0.05, 0.1) is 18.8 Å². The quantitative estimate of drug-likeness (QED) is 0.845. The molecule has 0 radical (unpaired) electrons. The third kappa shape index (κ3) is 2.61. The Morgan fingerprint density at radius 3 is 3.00 bits per heavy atom. The van der Waals surface area contributed by atoms with E-state index in [0.29, 0.717) is 11.8 Å². The number of aromatic nitrogens is 4. The largest absolute Gasteiger partial charge is 0.481 e. The molecule has 0 aromatic carbocycles. The van der Waals surface area contributed by atoms with Gasteiger partial charge in [-0.3, -0.25) is 4.90 Å². The average Bonchev–Trinajstić information content (AvgIpc) is 3.02. The van der Waals surface area contributed by atoms with Gasteiger partial charge in [-0.2, -0.15) is 4.98 Å². The van der Waals surface area contributed by atoms with Crippen molar-refractivity contribution in [3.05, 3.63) is 29.3 Å². The highest BCUT2D eigenvalue weighted by Gasteiger charge is 2.28. The van der Waals surface area contributed by atoms with Crippen LogP contribution in [-0.4, -0.2) is 38.7 Å². The minimum absolute atomic E-state index is 0.0656. The zero-order chi connectivity index (χ0) is 14.8. The summed E-state index contributed by atoms with van der Waals surface area (Å²) in [6, 6.07) is 0.0656. The van der Waals surface area contributed by atoms with Gasteiger partial charge in [0, 0.05) is 31.5 Å². The fourth-order valence-corrected chi connectivity index (χ4v) is 2.58. The maximum Gasteiger partial charge on any atom is 0.243 e. The molecule has 1 unspecified atom stereocenters. The van der Waals surface area contributed by atoms with Crippen molar-refractivity contribution >= 4 is 0 Å². The van der Waals surface area contributed by atoms with E-state index in [1.807, 2.05) is 6.92 Å². The van der Waals surface area contributed by atoms with Gasteiger partial charge in [0.1, 0.15) is 6.33 Å². The molecule has 3 rings (SSSR count). The van der Waals surface area contributed by atoms with Crippen LogP contribution < -0.4 is 4.74 Å². The number of ether oxygens (including phenoxy) is 1. The highest BCUT2D eigenvalue weighted by molar-refractivity contribution is 5.31. The summed E-state index contributed by atoms with van der Waals surface area (Å²) in [7, 11) is 1.64. The number of nitrogens with zero attached hydrogens (tertiary/aromatic N) is 5. The second-order valence-corrected chi connectivity index (χ2v) is 5.11. The fraction of sp³-hybridized carbons (Fsp3) is 0.571. The molecule has 1 aliphatic heterocycles. The molecule has 0 N–H and O–H groups in total. The lowest BCUT2D eigenvalue weighted by Gasteiger charge is -2.31. The lowest BCUT2D eigenvalue weighted by molar-refractivity contribution is 0.154. The van der Waals surface area contributed by atoms with Crippen LogP contribution in [0.4, 0.5) is 0 Å². The smallest absolute Gasteiger partial charge is 0.243 e. The van der Waals surface area contributed by atoms with Gasteiger partial charge >= 0.3 is 0 Å². The normalized spacial score (nSPS) is 16.5. The second kappa shape index (κ2) is 5.77. The summed E-state index contributed by atoms with van der Waals surface area (Å²) >= 11 is 0. The number of methoxy groups -OCH3 is 1. The van der Waals surface area contributed by atoms with E-state index in [-0.39, 0.29) is 6.04 Å². The predicted octanol–water partition coefficient (Wildman–Crippen LogP) is 1.55. The molecular weight excluding hydrogens is 270 g/mol. The Hall–Kier alpha value is -2.02. The molecular formula is C14H19N5O2. The van der Waals surface area contributed by atoms with Crippen LogP contribution in [0.25, 0.3) is 0 Å². The van der Waals surface area contributed by atoms with Gasteiger partial charge in [0.15, 0.2) is 5.82 Å². The summed E-state index contributed by atoms with van der Waals surface area (Å²) in [6.45, 7) is 5.72. The standard InChI is InChI=1S/C14H19N5O2/c1-4-12-17-13(21-18-12)9(2)19-6-5-11-10(7-19)14(20-3)16-8-15-11/h8-9H,4-7H2,1-3H3. The van der Waals surface area contributed by atoms with Crippen LogP contribution in [0.1, 0.15) is 42.9 Å². The van der Waals surface area contributed by atoms with Crippen molar-refractivity contribution in [2.45, 2.75) is 39.3 Å². The third-order valence-corrected chi connectivity index (χ3v) is 3.89. The molecule has 1 aliphatic rings. The second-order valence-electron chi connectivity index (χ2n) is 5.11. The van der Waals surface area contributed by atoms with Gasteiger partial charge in [-0.05, 0) is 6.92 Å². The first-order valence-corrected chi connectivity index (χ1v) is 7.16. The summed E-state index contributed by atoms with van der Waals surface area (Å²) in [4.78, 5) is 15.2. The maximum absolute atomic E-state index is 5.35. The molecule has 2 aromatic rings. The lowest BCUT2D eigenvalue weighted by Crippen LogP contribution is -2.34. The molecule has 7 nitrogen and oxygen atoms in total. The lowest BCUT2D eigenvalue weighted by atomic mass is 10.0.